The van der Waals surface area contributed by atoms with E-state index < -0.39 is 0 Å². The van der Waals surface area contributed by atoms with Crippen molar-refractivity contribution >= 4 is 28.4 Å². The number of fused-ring (bicyclic) bond motifs is 1. The van der Waals surface area contributed by atoms with E-state index in [2.05, 4.69) is 10.1 Å². The van der Waals surface area contributed by atoms with E-state index in [1.165, 1.54) is 0 Å². The SMILES string of the molecule is Cc1ccc2c(C(=O)N3CCN(c4cnn(C)c4)C(=O)C3)c[nH]c2c1. The van der Waals surface area contributed by atoms with E-state index in [0.717, 1.165) is 22.2 Å². The second-order valence-electron chi connectivity index (χ2n) is 6.40. The van der Waals surface area contributed by atoms with Crippen LogP contribution in [0.3, 0.4) is 0 Å². The van der Waals surface area contributed by atoms with E-state index >= 15 is 0 Å². The van der Waals surface area contributed by atoms with Gasteiger partial charge in [0.1, 0.15) is 6.54 Å². The number of rotatable bonds is 2. The molecule has 4 rings (SSSR count). The van der Waals surface area contributed by atoms with Crippen molar-refractivity contribution in [1.82, 2.24) is 19.7 Å². The number of piperazine rings is 1. The van der Waals surface area contributed by atoms with Crippen LogP contribution in [0.5, 0.6) is 0 Å². The fourth-order valence-electron chi connectivity index (χ4n) is 3.25. The fourth-order valence-corrected chi connectivity index (χ4v) is 3.25. The highest BCUT2D eigenvalue weighted by Crippen LogP contribution is 2.22. The predicted octanol–water partition coefficient (Wildman–Crippen LogP) is 1.70. The topological polar surface area (TPSA) is 74.2 Å². The highest BCUT2D eigenvalue weighted by molar-refractivity contribution is 6.08. The molecule has 0 saturated carbocycles. The van der Waals surface area contributed by atoms with E-state index in [-0.39, 0.29) is 18.4 Å². The van der Waals surface area contributed by atoms with E-state index in [0.29, 0.717) is 18.7 Å². The first-order chi connectivity index (χ1) is 12.0. The van der Waals surface area contributed by atoms with Gasteiger partial charge in [-0.25, -0.2) is 0 Å². The molecule has 2 amide bonds. The molecule has 3 aromatic rings. The van der Waals surface area contributed by atoms with Crippen molar-refractivity contribution in [2.24, 2.45) is 7.05 Å². The highest BCUT2D eigenvalue weighted by atomic mass is 16.2. The quantitative estimate of drug-likeness (QED) is 0.773. The van der Waals surface area contributed by atoms with Gasteiger partial charge in [-0.2, -0.15) is 5.10 Å². The number of nitrogens with zero attached hydrogens (tertiary/aromatic N) is 4. The minimum Gasteiger partial charge on any atom is -0.360 e. The molecule has 3 heterocycles. The third-order valence-electron chi connectivity index (χ3n) is 4.58. The Kier molecular flexibility index (Phi) is 3.56. The number of amides is 2. The molecule has 7 heteroatoms. The molecule has 0 aliphatic carbocycles. The number of carbonyl (C=O) groups is 2. The van der Waals surface area contributed by atoms with Gasteiger partial charge in [-0.3, -0.25) is 14.3 Å². The molecule has 2 aromatic heterocycles. The standard InChI is InChI=1S/C18H19N5O2/c1-12-3-4-14-15(9-19-16(14)7-12)18(25)22-5-6-23(17(24)11-22)13-8-20-21(2)10-13/h3-4,7-10,19H,5-6,11H2,1-2H3. The smallest absolute Gasteiger partial charge is 0.256 e. The van der Waals surface area contributed by atoms with Gasteiger partial charge < -0.3 is 14.8 Å². The molecule has 0 spiro atoms. The Hall–Kier alpha value is -3.09. The van der Waals surface area contributed by atoms with E-state index in [4.69, 9.17) is 0 Å². The summed E-state index contributed by atoms with van der Waals surface area (Å²) in [6.07, 6.45) is 5.19. The van der Waals surface area contributed by atoms with Crippen LogP contribution >= 0.6 is 0 Å². The van der Waals surface area contributed by atoms with Gasteiger partial charge in [-0.1, -0.05) is 12.1 Å². The zero-order chi connectivity index (χ0) is 17.6. The summed E-state index contributed by atoms with van der Waals surface area (Å²) < 4.78 is 1.66. The number of hydrogen-bond donors (Lipinski definition) is 1. The van der Waals surface area contributed by atoms with Crippen molar-refractivity contribution in [2.75, 3.05) is 24.5 Å². The number of benzene rings is 1. The summed E-state index contributed by atoms with van der Waals surface area (Å²) in [6.45, 7) is 3.06. The van der Waals surface area contributed by atoms with Gasteiger partial charge >= 0.3 is 0 Å². The van der Waals surface area contributed by atoms with E-state index in [1.807, 2.05) is 32.2 Å². The summed E-state index contributed by atoms with van der Waals surface area (Å²) in [6, 6.07) is 5.94. The van der Waals surface area contributed by atoms with Crippen LogP contribution in [0.2, 0.25) is 0 Å². The Morgan fingerprint density at radius 1 is 1.28 bits per heavy atom. The Morgan fingerprint density at radius 3 is 2.84 bits per heavy atom. The zero-order valence-corrected chi connectivity index (χ0v) is 14.2. The first kappa shape index (κ1) is 15.4. The molecule has 7 nitrogen and oxygen atoms in total. The first-order valence-electron chi connectivity index (χ1n) is 8.19. The van der Waals surface area contributed by atoms with Gasteiger partial charge in [0, 0.05) is 43.4 Å². The van der Waals surface area contributed by atoms with Crippen LogP contribution in [0.1, 0.15) is 15.9 Å². The van der Waals surface area contributed by atoms with Crippen molar-refractivity contribution in [3.05, 3.63) is 47.9 Å². The number of hydrogen-bond acceptors (Lipinski definition) is 3. The number of carbonyl (C=O) groups excluding carboxylic acids is 2. The maximum absolute atomic E-state index is 12.9. The molecular weight excluding hydrogens is 318 g/mol. The third kappa shape index (κ3) is 2.67. The van der Waals surface area contributed by atoms with Crippen molar-refractivity contribution in [1.29, 1.82) is 0 Å². The summed E-state index contributed by atoms with van der Waals surface area (Å²) in [5.41, 5.74) is 3.44. The molecule has 0 unspecified atom stereocenters. The second kappa shape index (κ2) is 5.77. The molecule has 0 radical (unpaired) electrons. The number of H-pyrrole nitrogens is 1. The lowest BCUT2D eigenvalue weighted by Gasteiger charge is -2.33. The summed E-state index contributed by atoms with van der Waals surface area (Å²) >= 11 is 0. The first-order valence-corrected chi connectivity index (χ1v) is 8.19. The Balaban J connectivity index is 1.55. The van der Waals surface area contributed by atoms with Crippen LogP contribution < -0.4 is 4.90 Å². The lowest BCUT2D eigenvalue weighted by Crippen LogP contribution is -2.52. The largest absolute Gasteiger partial charge is 0.360 e. The molecule has 128 valence electrons. The van der Waals surface area contributed by atoms with Crippen molar-refractivity contribution in [2.45, 2.75) is 6.92 Å². The van der Waals surface area contributed by atoms with Gasteiger partial charge in [0.2, 0.25) is 5.91 Å². The van der Waals surface area contributed by atoms with Crippen LogP contribution in [0.15, 0.2) is 36.8 Å². The summed E-state index contributed by atoms with van der Waals surface area (Å²) in [4.78, 5) is 31.8. The maximum Gasteiger partial charge on any atom is 0.256 e. The number of aryl methyl sites for hydroxylation is 2. The van der Waals surface area contributed by atoms with Gasteiger partial charge in [0.25, 0.3) is 5.91 Å². The minimum absolute atomic E-state index is 0.0757. The van der Waals surface area contributed by atoms with E-state index in [1.54, 1.807) is 33.1 Å². The molecule has 1 aliphatic heterocycles. The molecule has 1 N–H and O–H groups in total. The Morgan fingerprint density at radius 2 is 2.12 bits per heavy atom. The number of nitrogens with one attached hydrogen (secondary N) is 1. The van der Waals surface area contributed by atoms with Crippen molar-refractivity contribution in [3.8, 4) is 0 Å². The molecule has 25 heavy (non-hydrogen) atoms. The van der Waals surface area contributed by atoms with Gasteiger partial charge in [-0.15, -0.1) is 0 Å². The predicted molar refractivity (Wildman–Crippen MR) is 94.5 cm³/mol. The monoisotopic (exact) mass is 337 g/mol. The molecule has 1 saturated heterocycles. The van der Waals surface area contributed by atoms with Crippen LogP contribution in [0.25, 0.3) is 10.9 Å². The second-order valence-corrected chi connectivity index (χ2v) is 6.40. The fraction of sp³-hybridized carbons (Fsp3) is 0.278. The Labute approximate surface area is 144 Å². The minimum atomic E-state index is -0.116. The van der Waals surface area contributed by atoms with Crippen LogP contribution in [-0.4, -0.2) is 51.1 Å². The number of aromatic nitrogens is 3. The molecular formula is C18H19N5O2. The normalized spacial score (nSPS) is 15.2. The molecule has 0 atom stereocenters. The average molecular weight is 337 g/mol. The molecule has 1 fully saturated rings. The van der Waals surface area contributed by atoms with Gasteiger partial charge in [0.05, 0.1) is 17.4 Å². The van der Waals surface area contributed by atoms with Crippen LogP contribution in [-0.2, 0) is 11.8 Å². The summed E-state index contributed by atoms with van der Waals surface area (Å²) in [5.74, 6) is -0.211. The maximum atomic E-state index is 12.9. The molecule has 1 aromatic carbocycles. The zero-order valence-electron chi connectivity index (χ0n) is 14.2. The van der Waals surface area contributed by atoms with Crippen molar-refractivity contribution < 1.29 is 9.59 Å². The van der Waals surface area contributed by atoms with E-state index in [9.17, 15) is 9.59 Å². The summed E-state index contributed by atoms with van der Waals surface area (Å²) in [5, 5.41) is 4.99. The van der Waals surface area contributed by atoms with Crippen LogP contribution in [0.4, 0.5) is 5.69 Å². The average Bonchev–Trinajstić information content (AvgIpc) is 3.20. The highest BCUT2D eigenvalue weighted by Gasteiger charge is 2.30. The molecule has 1 aliphatic rings. The number of aromatic amines is 1. The Bertz CT molecular complexity index is 971. The van der Waals surface area contributed by atoms with Crippen molar-refractivity contribution in [3.63, 3.8) is 0 Å². The van der Waals surface area contributed by atoms with Gasteiger partial charge in [0.15, 0.2) is 0 Å². The lowest BCUT2D eigenvalue weighted by atomic mass is 10.1. The lowest BCUT2D eigenvalue weighted by molar-refractivity contribution is -0.120. The van der Waals surface area contributed by atoms with Gasteiger partial charge in [-0.05, 0) is 18.6 Å². The number of anilines is 1. The van der Waals surface area contributed by atoms with Crippen LogP contribution in [0, 0.1) is 6.92 Å². The third-order valence-corrected chi connectivity index (χ3v) is 4.58. The molecule has 0 bridgehead atoms. The summed E-state index contributed by atoms with van der Waals surface area (Å²) in [7, 11) is 1.81.